The van der Waals surface area contributed by atoms with E-state index >= 15 is 0 Å². The Morgan fingerprint density at radius 1 is 1.00 bits per heavy atom. The average Bonchev–Trinajstić information content (AvgIpc) is 2.43. The van der Waals surface area contributed by atoms with Gasteiger partial charge in [0.1, 0.15) is 11.5 Å². The van der Waals surface area contributed by atoms with Crippen LogP contribution in [0.5, 0.6) is 11.5 Å². The lowest BCUT2D eigenvalue weighted by Gasteiger charge is -2.09. The first-order valence-electron chi connectivity index (χ1n) is 6.06. The molecule has 2 aromatic rings. The standard InChI is InChI=1S/C15H16ClNO2.ClH/c16-12-3-7-15(8-4-12)19-14-5-1-11(2-6-14)9-13(17)10-18;/h1-8,13,18H,9-10,17H2;1H/t13-;/m0./s1. The van der Waals surface area contributed by atoms with Gasteiger partial charge in [0.25, 0.3) is 0 Å². The van der Waals surface area contributed by atoms with Gasteiger partial charge in [0.15, 0.2) is 0 Å². The second-order valence-corrected chi connectivity index (χ2v) is 4.78. The highest BCUT2D eigenvalue weighted by molar-refractivity contribution is 6.30. The highest BCUT2D eigenvalue weighted by atomic mass is 35.5. The predicted molar refractivity (Wildman–Crippen MR) is 84.0 cm³/mol. The second-order valence-electron chi connectivity index (χ2n) is 4.35. The zero-order valence-corrected chi connectivity index (χ0v) is 12.4. The monoisotopic (exact) mass is 313 g/mol. The minimum Gasteiger partial charge on any atom is -0.457 e. The summed E-state index contributed by atoms with van der Waals surface area (Å²) >= 11 is 5.81. The maximum absolute atomic E-state index is 8.91. The van der Waals surface area contributed by atoms with E-state index < -0.39 is 0 Å². The van der Waals surface area contributed by atoms with E-state index in [0.29, 0.717) is 11.4 Å². The minimum absolute atomic E-state index is 0. The largest absolute Gasteiger partial charge is 0.457 e. The Morgan fingerprint density at radius 2 is 1.50 bits per heavy atom. The summed E-state index contributed by atoms with van der Waals surface area (Å²) in [6, 6.07) is 14.6. The van der Waals surface area contributed by atoms with Gasteiger partial charge in [0.05, 0.1) is 6.61 Å². The molecule has 0 heterocycles. The Morgan fingerprint density at radius 3 is 2.00 bits per heavy atom. The Balaban J connectivity index is 0.00000200. The number of aliphatic hydroxyl groups is 1. The fourth-order valence-corrected chi connectivity index (χ4v) is 1.83. The van der Waals surface area contributed by atoms with Gasteiger partial charge in [-0.05, 0) is 48.4 Å². The van der Waals surface area contributed by atoms with Crippen LogP contribution in [0, 0.1) is 0 Å². The summed E-state index contributed by atoms with van der Waals surface area (Å²) in [5.74, 6) is 1.49. The molecule has 0 radical (unpaired) electrons. The van der Waals surface area contributed by atoms with E-state index in [-0.39, 0.29) is 25.1 Å². The van der Waals surface area contributed by atoms with Gasteiger partial charge in [-0.1, -0.05) is 23.7 Å². The van der Waals surface area contributed by atoms with Crippen LogP contribution in [0.2, 0.25) is 5.02 Å². The van der Waals surface area contributed by atoms with E-state index in [1.54, 1.807) is 12.1 Å². The number of hydrogen-bond acceptors (Lipinski definition) is 3. The van der Waals surface area contributed by atoms with Crippen molar-refractivity contribution in [3.63, 3.8) is 0 Å². The van der Waals surface area contributed by atoms with Crippen LogP contribution in [0.3, 0.4) is 0 Å². The van der Waals surface area contributed by atoms with Crippen molar-refractivity contribution in [1.29, 1.82) is 0 Å². The Bertz CT molecular complexity index is 514. The molecule has 0 saturated heterocycles. The quantitative estimate of drug-likeness (QED) is 0.889. The molecule has 0 bridgehead atoms. The van der Waals surface area contributed by atoms with Crippen molar-refractivity contribution in [3.05, 3.63) is 59.1 Å². The first-order chi connectivity index (χ1) is 9.17. The third-order valence-corrected chi connectivity index (χ3v) is 2.96. The average molecular weight is 314 g/mol. The first-order valence-corrected chi connectivity index (χ1v) is 6.44. The molecule has 1 atom stereocenters. The van der Waals surface area contributed by atoms with Crippen molar-refractivity contribution in [2.75, 3.05) is 6.61 Å². The summed E-state index contributed by atoms with van der Waals surface area (Å²) < 4.78 is 5.68. The van der Waals surface area contributed by atoms with Crippen LogP contribution < -0.4 is 10.5 Å². The Hall–Kier alpha value is -1.26. The zero-order chi connectivity index (χ0) is 13.7. The lowest BCUT2D eigenvalue weighted by Crippen LogP contribution is -2.26. The molecule has 0 saturated carbocycles. The lowest BCUT2D eigenvalue weighted by atomic mass is 10.1. The molecule has 0 aliphatic rings. The molecular weight excluding hydrogens is 297 g/mol. The fraction of sp³-hybridized carbons (Fsp3) is 0.200. The number of halogens is 2. The highest BCUT2D eigenvalue weighted by Gasteiger charge is 2.03. The summed E-state index contributed by atoms with van der Waals surface area (Å²) in [5.41, 5.74) is 6.76. The van der Waals surface area contributed by atoms with Crippen LogP contribution in [0.25, 0.3) is 0 Å². The molecule has 108 valence electrons. The van der Waals surface area contributed by atoms with Gasteiger partial charge in [-0.25, -0.2) is 0 Å². The summed E-state index contributed by atoms with van der Waals surface area (Å²) in [6.45, 7) is -0.0109. The normalized spacial score (nSPS) is 11.6. The van der Waals surface area contributed by atoms with Crippen molar-refractivity contribution < 1.29 is 9.84 Å². The van der Waals surface area contributed by atoms with E-state index in [2.05, 4.69) is 0 Å². The molecule has 0 aliphatic carbocycles. The van der Waals surface area contributed by atoms with E-state index in [1.165, 1.54) is 0 Å². The number of benzene rings is 2. The predicted octanol–water partition coefficient (Wildman–Crippen LogP) is 3.42. The molecule has 3 N–H and O–H groups in total. The number of nitrogens with two attached hydrogens (primary N) is 1. The maximum atomic E-state index is 8.91. The topological polar surface area (TPSA) is 55.5 Å². The lowest BCUT2D eigenvalue weighted by molar-refractivity contribution is 0.265. The number of aliphatic hydroxyl groups excluding tert-OH is 1. The highest BCUT2D eigenvalue weighted by Crippen LogP contribution is 2.23. The fourth-order valence-electron chi connectivity index (χ4n) is 1.70. The smallest absolute Gasteiger partial charge is 0.127 e. The van der Waals surface area contributed by atoms with Crippen LogP contribution in [0.1, 0.15) is 5.56 Å². The van der Waals surface area contributed by atoms with E-state index in [9.17, 15) is 0 Å². The molecule has 5 heteroatoms. The molecule has 0 spiro atoms. The van der Waals surface area contributed by atoms with E-state index in [1.807, 2.05) is 36.4 Å². The molecule has 0 aromatic heterocycles. The molecule has 0 fully saturated rings. The SMILES string of the molecule is Cl.N[C@H](CO)Cc1ccc(Oc2ccc(Cl)cc2)cc1. The molecule has 0 amide bonds. The molecule has 20 heavy (non-hydrogen) atoms. The molecule has 2 aromatic carbocycles. The van der Waals surface area contributed by atoms with Crippen LogP contribution in [0.4, 0.5) is 0 Å². The molecule has 0 aliphatic heterocycles. The summed E-state index contributed by atoms with van der Waals surface area (Å²) in [7, 11) is 0. The van der Waals surface area contributed by atoms with Gasteiger partial charge in [-0.2, -0.15) is 0 Å². The second kappa shape index (κ2) is 8.12. The van der Waals surface area contributed by atoms with Crippen LogP contribution in [0.15, 0.2) is 48.5 Å². The third kappa shape index (κ3) is 5.02. The van der Waals surface area contributed by atoms with Crippen molar-refractivity contribution in [1.82, 2.24) is 0 Å². The van der Waals surface area contributed by atoms with Gasteiger partial charge < -0.3 is 15.6 Å². The molecule has 2 rings (SSSR count). The van der Waals surface area contributed by atoms with Crippen molar-refractivity contribution in [2.45, 2.75) is 12.5 Å². The summed E-state index contributed by atoms with van der Waals surface area (Å²) in [5, 5.41) is 9.59. The Kier molecular flexibility index (Phi) is 6.82. The number of hydrogen-bond donors (Lipinski definition) is 2. The first kappa shape index (κ1) is 16.8. The van der Waals surface area contributed by atoms with Gasteiger partial charge in [-0.3, -0.25) is 0 Å². The van der Waals surface area contributed by atoms with Gasteiger partial charge in [0.2, 0.25) is 0 Å². The van der Waals surface area contributed by atoms with Gasteiger partial charge >= 0.3 is 0 Å². The van der Waals surface area contributed by atoms with Crippen LogP contribution in [-0.2, 0) is 6.42 Å². The minimum atomic E-state index is -0.219. The summed E-state index contributed by atoms with van der Waals surface area (Å²) in [6.07, 6.45) is 0.651. The van der Waals surface area contributed by atoms with Crippen molar-refractivity contribution in [2.24, 2.45) is 5.73 Å². The van der Waals surface area contributed by atoms with Crippen LogP contribution in [-0.4, -0.2) is 17.8 Å². The van der Waals surface area contributed by atoms with Crippen molar-refractivity contribution >= 4 is 24.0 Å². The third-order valence-electron chi connectivity index (χ3n) is 2.71. The molecule has 3 nitrogen and oxygen atoms in total. The van der Waals surface area contributed by atoms with Crippen molar-refractivity contribution in [3.8, 4) is 11.5 Å². The van der Waals surface area contributed by atoms with E-state index in [0.717, 1.165) is 17.1 Å². The van der Waals surface area contributed by atoms with E-state index in [4.69, 9.17) is 27.2 Å². The molecular formula is C15H17Cl2NO2. The number of ether oxygens (including phenoxy) is 1. The Labute approximate surface area is 129 Å². The zero-order valence-electron chi connectivity index (χ0n) is 10.8. The molecule has 0 unspecified atom stereocenters. The number of rotatable bonds is 5. The van der Waals surface area contributed by atoms with Gasteiger partial charge in [-0.15, -0.1) is 12.4 Å². The van der Waals surface area contributed by atoms with Gasteiger partial charge in [0, 0.05) is 11.1 Å². The summed E-state index contributed by atoms with van der Waals surface area (Å²) in [4.78, 5) is 0. The van der Waals surface area contributed by atoms with Crippen LogP contribution >= 0.6 is 24.0 Å². The maximum Gasteiger partial charge on any atom is 0.127 e.